The zero-order valence-electron chi connectivity index (χ0n) is 17.7. The van der Waals surface area contributed by atoms with E-state index in [4.69, 9.17) is 0 Å². The Morgan fingerprint density at radius 3 is 2.19 bits per heavy atom. The van der Waals surface area contributed by atoms with Crippen LogP contribution in [0.3, 0.4) is 0 Å². The number of nitrogens with zero attached hydrogens (tertiary/aromatic N) is 2. The number of rotatable bonds is 7. The quantitative estimate of drug-likeness (QED) is 0.525. The van der Waals surface area contributed by atoms with Gasteiger partial charge in [-0.25, -0.2) is 9.37 Å². The van der Waals surface area contributed by atoms with Crippen molar-refractivity contribution in [2.75, 3.05) is 17.2 Å². The molecule has 2 aromatic carbocycles. The smallest absolute Gasteiger partial charge is 0.257 e. The molecule has 9 heteroatoms. The van der Waals surface area contributed by atoms with Gasteiger partial charge in [0.15, 0.2) is 0 Å². The van der Waals surface area contributed by atoms with Crippen LogP contribution in [0.1, 0.15) is 18.2 Å². The minimum absolute atomic E-state index is 0.105. The van der Waals surface area contributed by atoms with Crippen molar-refractivity contribution in [2.45, 2.75) is 26.8 Å². The number of amides is 2. The highest BCUT2D eigenvalue weighted by Crippen LogP contribution is 2.19. The van der Waals surface area contributed by atoms with Gasteiger partial charge in [0.1, 0.15) is 18.2 Å². The summed E-state index contributed by atoms with van der Waals surface area (Å²) >= 11 is 0. The number of aliphatic hydroxyl groups is 1. The molecular formula is C23H23FN4O4. The van der Waals surface area contributed by atoms with Crippen LogP contribution < -0.4 is 16.2 Å². The van der Waals surface area contributed by atoms with E-state index in [9.17, 15) is 23.9 Å². The van der Waals surface area contributed by atoms with Gasteiger partial charge < -0.3 is 15.7 Å². The van der Waals surface area contributed by atoms with Gasteiger partial charge in [-0.2, -0.15) is 0 Å². The zero-order valence-corrected chi connectivity index (χ0v) is 17.7. The summed E-state index contributed by atoms with van der Waals surface area (Å²) in [6.45, 7) is 2.48. The molecule has 0 saturated carbocycles. The van der Waals surface area contributed by atoms with E-state index in [2.05, 4.69) is 15.6 Å². The number of carbonyl (C=O) groups excluding carboxylic acids is 2. The molecule has 3 aromatic rings. The van der Waals surface area contributed by atoms with Gasteiger partial charge in [-0.3, -0.25) is 19.0 Å². The van der Waals surface area contributed by atoms with Crippen molar-refractivity contribution in [1.82, 2.24) is 9.55 Å². The van der Waals surface area contributed by atoms with Gasteiger partial charge in [0.25, 0.3) is 5.56 Å². The molecule has 0 saturated heterocycles. The highest BCUT2D eigenvalue weighted by molar-refractivity contribution is 5.92. The van der Waals surface area contributed by atoms with Crippen LogP contribution in [-0.2, 0) is 22.6 Å². The number of aliphatic hydroxyl groups excluding tert-OH is 1. The Bertz CT molecular complexity index is 1190. The van der Waals surface area contributed by atoms with Crippen LogP contribution in [-0.4, -0.2) is 33.1 Å². The number of halogens is 1. The van der Waals surface area contributed by atoms with Gasteiger partial charge in [-0.05, 0) is 55.5 Å². The number of benzene rings is 2. The number of hydrogen-bond donors (Lipinski definition) is 3. The first-order valence-electron chi connectivity index (χ1n) is 9.93. The van der Waals surface area contributed by atoms with Crippen molar-refractivity contribution in [1.29, 1.82) is 0 Å². The summed E-state index contributed by atoms with van der Waals surface area (Å²) < 4.78 is 14.6. The summed E-state index contributed by atoms with van der Waals surface area (Å²) in [6, 6.07) is 12.0. The third-order valence-electron chi connectivity index (χ3n) is 4.72. The molecular weight excluding hydrogens is 415 g/mol. The predicted octanol–water partition coefficient (Wildman–Crippen LogP) is 2.49. The molecule has 166 valence electrons. The first-order chi connectivity index (χ1) is 15.3. The SMILES string of the molecule is CC(=O)Nc1ccc(NC(=O)Cn2c(-c3ccc(F)cc3)nc(C)c(CCO)c2=O)cc1. The molecule has 3 N–H and O–H groups in total. The molecule has 8 nitrogen and oxygen atoms in total. The van der Waals surface area contributed by atoms with Gasteiger partial charge >= 0.3 is 0 Å². The second kappa shape index (κ2) is 9.97. The lowest BCUT2D eigenvalue weighted by molar-refractivity contribution is -0.117. The Labute approximate surface area is 183 Å². The molecule has 0 aliphatic heterocycles. The molecule has 1 heterocycles. The van der Waals surface area contributed by atoms with E-state index in [1.165, 1.54) is 35.8 Å². The largest absolute Gasteiger partial charge is 0.396 e. The first kappa shape index (κ1) is 22.8. The van der Waals surface area contributed by atoms with E-state index in [0.29, 0.717) is 28.2 Å². The highest BCUT2D eigenvalue weighted by atomic mass is 19.1. The summed E-state index contributed by atoms with van der Waals surface area (Å²) in [5.74, 6) is -0.884. The number of carbonyl (C=O) groups is 2. The fraction of sp³-hybridized carbons (Fsp3) is 0.217. The number of aromatic nitrogens is 2. The molecule has 0 unspecified atom stereocenters. The van der Waals surface area contributed by atoms with E-state index >= 15 is 0 Å². The molecule has 3 rings (SSSR count). The lowest BCUT2D eigenvalue weighted by atomic mass is 10.1. The molecule has 0 fully saturated rings. The van der Waals surface area contributed by atoms with E-state index in [0.717, 1.165) is 0 Å². The zero-order chi connectivity index (χ0) is 23.3. The Balaban J connectivity index is 1.92. The lowest BCUT2D eigenvalue weighted by Crippen LogP contribution is -2.33. The molecule has 0 radical (unpaired) electrons. The Morgan fingerprint density at radius 2 is 1.62 bits per heavy atom. The molecule has 2 amide bonds. The predicted molar refractivity (Wildman–Crippen MR) is 119 cm³/mol. The van der Waals surface area contributed by atoms with E-state index in [1.54, 1.807) is 31.2 Å². The average Bonchev–Trinajstić information content (AvgIpc) is 2.75. The van der Waals surface area contributed by atoms with Gasteiger partial charge in [-0.1, -0.05) is 0 Å². The van der Waals surface area contributed by atoms with Crippen molar-refractivity contribution >= 4 is 23.2 Å². The maximum Gasteiger partial charge on any atom is 0.257 e. The summed E-state index contributed by atoms with van der Waals surface area (Å²) in [5.41, 5.74) is 1.86. The topological polar surface area (TPSA) is 113 Å². The van der Waals surface area contributed by atoms with Crippen LogP contribution in [0.5, 0.6) is 0 Å². The second-order valence-electron chi connectivity index (χ2n) is 7.18. The van der Waals surface area contributed by atoms with Crippen molar-refractivity contribution in [2.24, 2.45) is 0 Å². The summed E-state index contributed by atoms with van der Waals surface area (Å²) in [6.07, 6.45) is 0.105. The molecule has 0 aliphatic rings. The van der Waals surface area contributed by atoms with E-state index < -0.39 is 17.3 Å². The summed E-state index contributed by atoms with van der Waals surface area (Å²) in [4.78, 5) is 41.4. The average molecular weight is 438 g/mol. The van der Waals surface area contributed by atoms with Crippen LogP contribution in [0.15, 0.2) is 53.3 Å². The molecule has 0 aliphatic carbocycles. The normalized spacial score (nSPS) is 10.6. The second-order valence-corrected chi connectivity index (χ2v) is 7.18. The van der Waals surface area contributed by atoms with Crippen molar-refractivity contribution in [3.63, 3.8) is 0 Å². The third-order valence-corrected chi connectivity index (χ3v) is 4.72. The Kier molecular flexibility index (Phi) is 7.11. The summed E-state index contributed by atoms with van der Waals surface area (Å²) in [7, 11) is 0. The van der Waals surface area contributed by atoms with Gasteiger partial charge in [-0.15, -0.1) is 0 Å². The number of nitrogens with one attached hydrogen (secondary N) is 2. The van der Waals surface area contributed by atoms with E-state index in [1.807, 2.05) is 0 Å². The van der Waals surface area contributed by atoms with Crippen LogP contribution >= 0.6 is 0 Å². The minimum atomic E-state index is -0.469. The first-order valence-corrected chi connectivity index (χ1v) is 9.93. The standard InChI is InChI=1S/C23H23FN4O4/c1-14-20(11-12-29)23(32)28(22(25-14)16-3-5-17(24)6-4-16)13-21(31)27-19-9-7-18(8-10-19)26-15(2)30/h3-10,29H,11-13H2,1-2H3,(H,26,30)(H,27,31). The molecule has 1 aromatic heterocycles. The van der Waals surface area contributed by atoms with Crippen molar-refractivity contribution in [3.05, 3.63) is 76.0 Å². The minimum Gasteiger partial charge on any atom is -0.396 e. The molecule has 32 heavy (non-hydrogen) atoms. The molecule has 0 bridgehead atoms. The monoisotopic (exact) mass is 438 g/mol. The van der Waals surface area contributed by atoms with Crippen LogP contribution in [0.4, 0.5) is 15.8 Å². The lowest BCUT2D eigenvalue weighted by Gasteiger charge is -2.16. The van der Waals surface area contributed by atoms with Crippen molar-refractivity contribution < 1.29 is 19.1 Å². The summed E-state index contributed by atoms with van der Waals surface area (Å²) in [5, 5.41) is 14.6. The highest BCUT2D eigenvalue weighted by Gasteiger charge is 2.18. The number of aryl methyl sites for hydroxylation is 1. The fourth-order valence-electron chi connectivity index (χ4n) is 3.25. The molecule has 0 spiro atoms. The van der Waals surface area contributed by atoms with Gasteiger partial charge in [0.05, 0.1) is 0 Å². The van der Waals surface area contributed by atoms with Crippen molar-refractivity contribution in [3.8, 4) is 11.4 Å². The van der Waals surface area contributed by atoms with Gasteiger partial charge in [0, 0.05) is 48.1 Å². The van der Waals surface area contributed by atoms with Crippen LogP contribution in [0.2, 0.25) is 0 Å². The van der Waals surface area contributed by atoms with E-state index in [-0.39, 0.29) is 31.3 Å². The fourth-order valence-corrected chi connectivity index (χ4v) is 3.25. The van der Waals surface area contributed by atoms with Crippen LogP contribution in [0.25, 0.3) is 11.4 Å². The Hall–Kier alpha value is -3.85. The van der Waals surface area contributed by atoms with Crippen LogP contribution in [0, 0.1) is 12.7 Å². The third kappa shape index (κ3) is 5.44. The van der Waals surface area contributed by atoms with Gasteiger partial charge in [0.2, 0.25) is 11.8 Å². The number of anilines is 2. The number of hydrogen-bond acceptors (Lipinski definition) is 5. The maximum atomic E-state index is 13.4. The maximum absolute atomic E-state index is 13.4. The molecule has 0 atom stereocenters. The Morgan fingerprint density at radius 1 is 1.03 bits per heavy atom.